The Labute approximate surface area is 163 Å². The first kappa shape index (κ1) is 21.4. The van der Waals surface area contributed by atoms with Crippen LogP contribution in [0.5, 0.6) is 0 Å². The summed E-state index contributed by atoms with van der Waals surface area (Å²) in [5.74, 6) is -0.730. The number of hydrogen-bond donors (Lipinski definition) is 2. The molecule has 0 fully saturated rings. The predicted octanol–water partition coefficient (Wildman–Crippen LogP) is 2.43. The molecular formula is C20H27FN4O3. The number of amides is 1. The molecule has 0 aliphatic heterocycles. The number of carbonyl (C=O) groups is 1. The zero-order valence-corrected chi connectivity index (χ0v) is 16.3. The molecule has 0 aliphatic rings. The molecule has 0 spiro atoms. The van der Waals surface area contributed by atoms with Gasteiger partial charge in [0.1, 0.15) is 11.6 Å². The van der Waals surface area contributed by atoms with Crippen LogP contribution in [0, 0.1) is 5.82 Å². The lowest BCUT2D eigenvalue weighted by molar-refractivity contribution is -0.118. The van der Waals surface area contributed by atoms with Crippen LogP contribution in [0.15, 0.2) is 33.9 Å². The summed E-state index contributed by atoms with van der Waals surface area (Å²) >= 11 is 0. The highest BCUT2D eigenvalue weighted by atomic mass is 19.1. The van der Waals surface area contributed by atoms with Gasteiger partial charge in [0.2, 0.25) is 5.91 Å². The Morgan fingerprint density at radius 2 is 1.79 bits per heavy atom. The Bertz CT molecular complexity index is 919. The molecule has 2 rings (SSSR count). The molecular weight excluding hydrogens is 363 g/mol. The van der Waals surface area contributed by atoms with Gasteiger partial charge in [-0.1, -0.05) is 38.8 Å². The van der Waals surface area contributed by atoms with Crippen LogP contribution in [0.25, 0.3) is 0 Å². The van der Waals surface area contributed by atoms with E-state index in [4.69, 9.17) is 5.73 Å². The van der Waals surface area contributed by atoms with Crippen LogP contribution in [-0.4, -0.2) is 22.0 Å². The van der Waals surface area contributed by atoms with Crippen molar-refractivity contribution >= 4 is 17.4 Å². The molecule has 0 saturated carbocycles. The van der Waals surface area contributed by atoms with E-state index < -0.39 is 11.2 Å². The number of nitrogens with zero attached hydrogens (tertiary/aromatic N) is 2. The molecule has 8 heteroatoms. The Hall–Kier alpha value is -2.90. The van der Waals surface area contributed by atoms with Gasteiger partial charge in [0.25, 0.3) is 5.56 Å². The second-order valence-corrected chi connectivity index (χ2v) is 6.70. The first-order chi connectivity index (χ1) is 13.4. The molecule has 2 aromatic rings. The van der Waals surface area contributed by atoms with Crippen molar-refractivity contribution in [2.75, 3.05) is 17.2 Å². The normalized spacial score (nSPS) is 10.8. The summed E-state index contributed by atoms with van der Waals surface area (Å²) in [5, 5.41) is 0. The Balaban J connectivity index is 2.43. The number of carbonyl (C=O) groups excluding carboxylic acids is 1. The molecule has 0 aliphatic carbocycles. The van der Waals surface area contributed by atoms with Crippen molar-refractivity contribution in [2.24, 2.45) is 0 Å². The number of anilines is 2. The third-order valence-corrected chi connectivity index (χ3v) is 4.52. The average molecular weight is 390 g/mol. The molecule has 0 radical (unpaired) electrons. The summed E-state index contributed by atoms with van der Waals surface area (Å²) in [5.41, 5.74) is 5.51. The summed E-state index contributed by atoms with van der Waals surface area (Å²) in [6.07, 6.45) is 3.05. The molecule has 1 heterocycles. The zero-order chi connectivity index (χ0) is 20.7. The summed E-state index contributed by atoms with van der Waals surface area (Å²) in [6.45, 7) is 4.61. The fraction of sp³-hybridized carbons (Fsp3) is 0.450. The van der Waals surface area contributed by atoms with Crippen molar-refractivity contribution in [3.63, 3.8) is 0 Å². The molecule has 1 amide bonds. The van der Waals surface area contributed by atoms with Crippen molar-refractivity contribution in [1.82, 2.24) is 9.55 Å². The van der Waals surface area contributed by atoms with Crippen LogP contribution in [0.2, 0.25) is 0 Å². The minimum Gasteiger partial charge on any atom is -0.383 e. The van der Waals surface area contributed by atoms with Gasteiger partial charge < -0.3 is 10.6 Å². The molecule has 0 saturated heterocycles. The lowest BCUT2D eigenvalue weighted by atomic mass is 10.1. The first-order valence-electron chi connectivity index (χ1n) is 9.56. The average Bonchev–Trinajstić information content (AvgIpc) is 2.65. The van der Waals surface area contributed by atoms with Crippen molar-refractivity contribution in [3.05, 3.63) is 56.5 Å². The fourth-order valence-corrected chi connectivity index (χ4v) is 2.93. The topological polar surface area (TPSA) is 101 Å². The van der Waals surface area contributed by atoms with E-state index in [2.05, 4.69) is 4.98 Å². The summed E-state index contributed by atoms with van der Waals surface area (Å²) in [7, 11) is 0. The number of nitrogens with one attached hydrogen (secondary N) is 1. The van der Waals surface area contributed by atoms with Crippen molar-refractivity contribution < 1.29 is 9.18 Å². The number of H-pyrrole nitrogens is 1. The number of aromatic nitrogens is 2. The van der Waals surface area contributed by atoms with Gasteiger partial charge in [0, 0.05) is 13.1 Å². The second-order valence-electron chi connectivity index (χ2n) is 6.70. The summed E-state index contributed by atoms with van der Waals surface area (Å²) in [6, 6.07) is 5.62. The SMILES string of the molecule is CCCCN(C(=O)Cc1ccc(F)cc1)c1c(N)n(CCCC)c(=O)[nH]c1=O. The second kappa shape index (κ2) is 9.87. The smallest absolute Gasteiger partial charge is 0.330 e. The molecule has 1 aromatic carbocycles. The zero-order valence-electron chi connectivity index (χ0n) is 16.3. The number of hydrogen-bond acceptors (Lipinski definition) is 4. The minimum absolute atomic E-state index is 0.00302. The minimum atomic E-state index is -0.682. The van der Waals surface area contributed by atoms with Gasteiger partial charge in [-0.15, -0.1) is 0 Å². The van der Waals surface area contributed by atoms with Gasteiger partial charge in [-0.2, -0.15) is 0 Å². The van der Waals surface area contributed by atoms with Gasteiger partial charge in [0.15, 0.2) is 5.69 Å². The first-order valence-corrected chi connectivity index (χ1v) is 9.56. The predicted molar refractivity (Wildman–Crippen MR) is 108 cm³/mol. The lowest BCUT2D eigenvalue weighted by Gasteiger charge is -2.24. The molecule has 28 heavy (non-hydrogen) atoms. The van der Waals surface area contributed by atoms with E-state index in [0.29, 0.717) is 31.5 Å². The van der Waals surface area contributed by atoms with Crippen LogP contribution in [0.1, 0.15) is 45.1 Å². The van der Waals surface area contributed by atoms with Crippen molar-refractivity contribution in [2.45, 2.75) is 52.5 Å². The van der Waals surface area contributed by atoms with E-state index in [1.807, 2.05) is 13.8 Å². The number of nitrogens with two attached hydrogens (primary N) is 1. The van der Waals surface area contributed by atoms with Gasteiger partial charge in [-0.25, -0.2) is 9.18 Å². The molecule has 3 N–H and O–H groups in total. The fourth-order valence-electron chi connectivity index (χ4n) is 2.93. The van der Waals surface area contributed by atoms with Crippen molar-refractivity contribution in [1.29, 1.82) is 0 Å². The maximum Gasteiger partial charge on any atom is 0.330 e. The Kier molecular flexibility index (Phi) is 7.54. The van der Waals surface area contributed by atoms with E-state index >= 15 is 0 Å². The van der Waals surface area contributed by atoms with E-state index in [0.717, 1.165) is 12.8 Å². The Morgan fingerprint density at radius 3 is 2.39 bits per heavy atom. The van der Waals surface area contributed by atoms with E-state index in [1.165, 1.54) is 33.7 Å². The van der Waals surface area contributed by atoms with Crippen LogP contribution in [0.3, 0.4) is 0 Å². The summed E-state index contributed by atoms with van der Waals surface area (Å²) < 4.78 is 14.4. The maximum atomic E-state index is 13.1. The van der Waals surface area contributed by atoms with E-state index in [9.17, 15) is 18.8 Å². The number of aromatic amines is 1. The number of halogens is 1. The lowest BCUT2D eigenvalue weighted by Crippen LogP contribution is -2.42. The molecule has 7 nitrogen and oxygen atoms in total. The monoisotopic (exact) mass is 390 g/mol. The molecule has 152 valence electrons. The largest absolute Gasteiger partial charge is 0.383 e. The molecule has 1 aromatic heterocycles. The highest BCUT2D eigenvalue weighted by molar-refractivity contribution is 5.96. The summed E-state index contributed by atoms with van der Waals surface area (Å²) in [4.78, 5) is 41.2. The maximum absolute atomic E-state index is 13.1. The van der Waals surface area contributed by atoms with Gasteiger partial charge in [-0.3, -0.25) is 19.1 Å². The van der Waals surface area contributed by atoms with Crippen LogP contribution >= 0.6 is 0 Å². The molecule has 0 bridgehead atoms. The number of benzene rings is 1. The number of unbranched alkanes of at least 4 members (excludes halogenated alkanes) is 2. The highest BCUT2D eigenvalue weighted by Crippen LogP contribution is 2.19. The number of nitrogen functional groups attached to an aromatic ring is 1. The van der Waals surface area contributed by atoms with Crippen LogP contribution in [0.4, 0.5) is 15.9 Å². The van der Waals surface area contributed by atoms with Gasteiger partial charge in [0.05, 0.1) is 6.42 Å². The van der Waals surface area contributed by atoms with Crippen molar-refractivity contribution in [3.8, 4) is 0 Å². The third-order valence-electron chi connectivity index (χ3n) is 4.52. The van der Waals surface area contributed by atoms with E-state index in [-0.39, 0.29) is 29.7 Å². The third kappa shape index (κ3) is 5.09. The highest BCUT2D eigenvalue weighted by Gasteiger charge is 2.24. The van der Waals surface area contributed by atoms with Crippen LogP contribution < -0.4 is 21.9 Å². The Morgan fingerprint density at radius 1 is 1.14 bits per heavy atom. The van der Waals surface area contributed by atoms with Gasteiger partial charge >= 0.3 is 5.69 Å². The standard InChI is InChI=1S/C20H27FN4O3/c1-3-5-11-24(16(26)13-14-7-9-15(21)10-8-14)17-18(22)25(12-6-4-2)20(28)23-19(17)27/h7-10H,3-6,11-13,22H2,1-2H3,(H,23,27,28). The molecule has 0 atom stereocenters. The number of rotatable bonds is 9. The van der Waals surface area contributed by atoms with E-state index in [1.54, 1.807) is 0 Å². The van der Waals surface area contributed by atoms with Gasteiger partial charge in [-0.05, 0) is 30.5 Å². The molecule has 0 unspecified atom stereocenters. The van der Waals surface area contributed by atoms with Crippen LogP contribution in [-0.2, 0) is 17.8 Å². The quantitative estimate of drug-likeness (QED) is 0.687.